The number of amides is 1. The molecule has 0 spiro atoms. The number of hydrogen-bond acceptors (Lipinski definition) is 11. The van der Waals surface area contributed by atoms with Gasteiger partial charge in [-0.25, -0.2) is 4.79 Å². The van der Waals surface area contributed by atoms with E-state index in [2.05, 4.69) is 13.5 Å². The summed E-state index contributed by atoms with van der Waals surface area (Å²) in [5, 5.41) is 11.4. The lowest BCUT2D eigenvalue weighted by Crippen LogP contribution is -2.59. The van der Waals surface area contributed by atoms with Crippen molar-refractivity contribution in [3.63, 3.8) is 0 Å². The summed E-state index contributed by atoms with van der Waals surface area (Å²) < 4.78 is 31.3. The molecule has 46 heavy (non-hydrogen) atoms. The quantitative estimate of drug-likeness (QED) is 0.248. The van der Waals surface area contributed by atoms with Crippen LogP contribution in [0.4, 0.5) is 4.79 Å². The van der Waals surface area contributed by atoms with Crippen molar-refractivity contribution in [1.29, 1.82) is 0 Å². The highest BCUT2D eigenvalue weighted by Gasteiger charge is 2.60. The van der Waals surface area contributed by atoms with Crippen LogP contribution in [0.1, 0.15) is 74.1 Å². The molecule has 0 aromatic rings. The highest BCUT2D eigenvalue weighted by molar-refractivity contribution is 5.97. The summed E-state index contributed by atoms with van der Waals surface area (Å²) in [7, 11) is 3.79. The number of carbonyl (C=O) groups excluding carboxylic acids is 3. The summed E-state index contributed by atoms with van der Waals surface area (Å²) in [5.74, 6) is -2.36. The molecule has 0 aliphatic carbocycles. The van der Waals surface area contributed by atoms with Gasteiger partial charge in [0.2, 0.25) is 0 Å². The van der Waals surface area contributed by atoms with E-state index >= 15 is 0 Å². The van der Waals surface area contributed by atoms with Crippen LogP contribution in [-0.2, 0) is 33.3 Å². The zero-order chi connectivity index (χ0) is 34.1. The van der Waals surface area contributed by atoms with Crippen molar-refractivity contribution in [1.82, 2.24) is 9.80 Å². The number of ketones is 1. The van der Waals surface area contributed by atoms with Crippen LogP contribution in [0.15, 0.2) is 17.6 Å². The van der Waals surface area contributed by atoms with Gasteiger partial charge < -0.3 is 33.7 Å². The third-order valence-electron chi connectivity index (χ3n) is 10.5. The van der Waals surface area contributed by atoms with E-state index in [1.807, 2.05) is 53.6 Å². The predicted molar refractivity (Wildman–Crippen MR) is 171 cm³/mol. The number of likely N-dealkylation sites (N-methyl/N-ethyl adjacent to an activating group) is 1. The van der Waals surface area contributed by atoms with E-state index in [0.29, 0.717) is 32.4 Å². The van der Waals surface area contributed by atoms with Gasteiger partial charge in [-0.1, -0.05) is 33.8 Å². The van der Waals surface area contributed by atoms with Crippen molar-refractivity contribution in [3.05, 3.63) is 12.7 Å². The minimum absolute atomic E-state index is 0.172. The number of aliphatic hydroxyl groups is 1. The molecule has 12 atom stereocenters. The Morgan fingerprint density at radius 1 is 1.15 bits per heavy atom. The molecule has 1 amide bonds. The average molecular weight is 650 g/mol. The minimum Gasteiger partial charge on any atom is -0.458 e. The van der Waals surface area contributed by atoms with Crippen LogP contribution < -0.4 is 0 Å². The van der Waals surface area contributed by atoms with Crippen molar-refractivity contribution in [2.24, 2.45) is 22.7 Å². The molecule has 1 N–H and O–H groups in total. The lowest BCUT2D eigenvalue weighted by Gasteiger charge is -2.47. The normalized spacial score (nSPS) is 42.5. The van der Waals surface area contributed by atoms with Crippen LogP contribution in [0.2, 0.25) is 0 Å². The first-order valence-electron chi connectivity index (χ1n) is 16.7. The zero-order valence-electron chi connectivity index (χ0n) is 29.1. The molecule has 3 saturated heterocycles. The Bertz CT molecular complexity index is 1180. The summed E-state index contributed by atoms with van der Waals surface area (Å²) in [6.45, 7) is 18.1. The number of rotatable bonds is 7. The van der Waals surface area contributed by atoms with Gasteiger partial charge in [-0.05, 0) is 60.0 Å². The summed E-state index contributed by atoms with van der Waals surface area (Å²) >= 11 is 0. The fourth-order valence-corrected chi connectivity index (χ4v) is 8.27. The van der Waals surface area contributed by atoms with Gasteiger partial charge in [0.25, 0.3) is 0 Å². The van der Waals surface area contributed by atoms with Gasteiger partial charge in [0.15, 0.2) is 11.9 Å². The number of fused-ring (bicyclic) bond motifs is 1. The third-order valence-corrected chi connectivity index (χ3v) is 10.5. The first kappa shape index (κ1) is 36.5. The molecule has 0 saturated carbocycles. The Morgan fingerprint density at radius 3 is 2.48 bits per heavy atom. The number of aliphatic imine (C=N–C) groups is 1. The number of Topliss-reactive ketones (excluding diaryl/α,β-unsaturated/α-hetero) is 1. The molecule has 4 rings (SSSR count). The highest BCUT2D eigenvalue weighted by Crippen LogP contribution is 2.43. The number of nitrogens with zero attached hydrogens (tertiary/aromatic N) is 3. The van der Waals surface area contributed by atoms with Crippen molar-refractivity contribution in [3.8, 4) is 0 Å². The highest BCUT2D eigenvalue weighted by atomic mass is 16.7. The van der Waals surface area contributed by atoms with E-state index in [9.17, 15) is 19.5 Å². The summed E-state index contributed by atoms with van der Waals surface area (Å²) in [5.41, 5.74) is -1.37. The van der Waals surface area contributed by atoms with Crippen LogP contribution >= 0.6 is 0 Å². The van der Waals surface area contributed by atoms with Crippen LogP contribution in [0, 0.1) is 17.8 Å². The number of aliphatic hydroxyl groups excluding tert-OH is 1. The standard InChI is InChI=1S/C34H55N3O9/c1-11-15-42-33(7)18-19(3)27-22(6)29-34(8,46-32(41)37(29)14-13-35-27)25(12-2)44-26(39)17-24(38)21(5)30(33)45-31-28(40)23(36(9)10)16-20(4)43-31/h11,19-23,25,28-31,40H,1,12-18H2,2-10H3/t19-,20-,21+,22+,23+,25-,28-,29-,30-,31+,33+,34-/m1/s1. The zero-order valence-corrected chi connectivity index (χ0v) is 29.1. The van der Waals surface area contributed by atoms with Gasteiger partial charge in [0.1, 0.15) is 24.4 Å². The molecule has 4 aliphatic rings. The fraction of sp³-hybridized carbons (Fsp3) is 0.824. The number of cyclic esters (lactones) is 1. The second-order valence-corrected chi connectivity index (χ2v) is 14.3. The Labute approximate surface area is 273 Å². The van der Waals surface area contributed by atoms with Crippen LogP contribution in [0.5, 0.6) is 0 Å². The molecule has 12 nitrogen and oxygen atoms in total. The van der Waals surface area contributed by atoms with Crippen molar-refractivity contribution < 1.29 is 43.2 Å². The Kier molecular flexibility index (Phi) is 11.4. The first-order chi connectivity index (χ1) is 21.6. The van der Waals surface area contributed by atoms with Gasteiger partial charge >= 0.3 is 12.1 Å². The number of carbonyl (C=O) groups is 3. The average Bonchev–Trinajstić information content (AvgIpc) is 3.11. The molecule has 4 aliphatic heterocycles. The Morgan fingerprint density at radius 2 is 1.85 bits per heavy atom. The van der Waals surface area contributed by atoms with Crippen LogP contribution in [-0.4, -0.2) is 126 Å². The van der Waals surface area contributed by atoms with Gasteiger partial charge in [-0.3, -0.25) is 19.5 Å². The molecular formula is C34H55N3O9. The fourth-order valence-electron chi connectivity index (χ4n) is 8.27. The maximum atomic E-state index is 13.9. The Hall–Kier alpha value is -2.38. The van der Waals surface area contributed by atoms with Crippen molar-refractivity contribution in [2.75, 3.05) is 33.8 Å². The second-order valence-electron chi connectivity index (χ2n) is 14.3. The number of hydrogen-bond donors (Lipinski definition) is 1. The second kappa shape index (κ2) is 14.4. The largest absolute Gasteiger partial charge is 0.458 e. The first-order valence-corrected chi connectivity index (χ1v) is 16.7. The topological polar surface area (TPSA) is 136 Å². The number of ether oxygens (including phenoxy) is 5. The molecule has 0 unspecified atom stereocenters. The van der Waals surface area contributed by atoms with E-state index in [-0.39, 0.29) is 30.6 Å². The Balaban J connectivity index is 1.81. The van der Waals surface area contributed by atoms with Gasteiger partial charge in [0.05, 0.1) is 37.0 Å². The molecule has 3 fully saturated rings. The van der Waals surface area contributed by atoms with Gasteiger partial charge in [0, 0.05) is 30.1 Å². The monoisotopic (exact) mass is 649 g/mol. The van der Waals surface area contributed by atoms with Crippen molar-refractivity contribution >= 4 is 23.6 Å². The molecule has 4 heterocycles. The van der Waals surface area contributed by atoms with E-state index in [1.165, 1.54) is 0 Å². The summed E-state index contributed by atoms with van der Waals surface area (Å²) in [4.78, 5) is 49.2. The van der Waals surface area contributed by atoms with Crippen LogP contribution in [0.3, 0.4) is 0 Å². The maximum absolute atomic E-state index is 13.9. The van der Waals surface area contributed by atoms with E-state index in [4.69, 9.17) is 28.7 Å². The van der Waals surface area contributed by atoms with E-state index in [1.54, 1.807) is 17.9 Å². The molecule has 2 bridgehead atoms. The van der Waals surface area contributed by atoms with Crippen LogP contribution in [0.25, 0.3) is 0 Å². The molecule has 0 radical (unpaired) electrons. The van der Waals surface area contributed by atoms with E-state index in [0.717, 1.165) is 5.71 Å². The lowest BCUT2D eigenvalue weighted by atomic mass is 9.73. The van der Waals surface area contributed by atoms with Gasteiger partial charge in [-0.2, -0.15) is 0 Å². The van der Waals surface area contributed by atoms with Gasteiger partial charge in [-0.15, -0.1) is 6.58 Å². The SMILES string of the molecule is C=CCO[C@@]1(C)C[C@@H](C)C2=NCCN3C(=O)O[C@](C)([C@@H](CC)OC(=O)CC(=O)[C@H](C)[C@H]1O[C@@H]1O[C@H](C)C[C@H](N(C)C)[C@H]1O)[C@H]3[C@H]2C. The molecular weight excluding hydrogens is 594 g/mol. The molecule has 0 aromatic carbocycles. The van der Waals surface area contributed by atoms with E-state index < -0.39 is 72.0 Å². The molecule has 12 heteroatoms. The predicted octanol–water partition coefficient (Wildman–Crippen LogP) is 3.39. The molecule has 260 valence electrons. The van der Waals surface area contributed by atoms with Crippen molar-refractivity contribution in [2.45, 2.75) is 128 Å². The maximum Gasteiger partial charge on any atom is 0.410 e. The lowest BCUT2D eigenvalue weighted by molar-refractivity contribution is -0.296. The number of esters is 1. The summed E-state index contributed by atoms with van der Waals surface area (Å²) in [6.07, 6.45) is -1.88. The third kappa shape index (κ3) is 7.06. The summed E-state index contributed by atoms with van der Waals surface area (Å²) in [6, 6.07) is -0.671. The molecule has 0 aromatic heterocycles. The smallest absolute Gasteiger partial charge is 0.410 e. The minimum atomic E-state index is -1.15.